The first kappa shape index (κ1) is 14.7. The van der Waals surface area contributed by atoms with Crippen LogP contribution >= 0.6 is 11.3 Å². The summed E-state index contributed by atoms with van der Waals surface area (Å²) >= 11 is 1.44. The molecule has 1 amide bonds. The van der Waals surface area contributed by atoms with Crippen LogP contribution in [0, 0.1) is 11.8 Å². The Bertz CT molecular complexity index is 734. The fourth-order valence-electron chi connectivity index (χ4n) is 3.22. The fraction of sp³-hybridized carbons (Fsp3) is 0.438. The lowest BCUT2D eigenvalue weighted by atomic mass is 10.1. The Kier molecular flexibility index (Phi) is 3.41. The van der Waals surface area contributed by atoms with Gasteiger partial charge in [-0.05, 0) is 18.6 Å². The molecule has 23 heavy (non-hydrogen) atoms. The van der Waals surface area contributed by atoms with Crippen molar-refractivity contribution in [3.63, 3.8) is 0 Å². The molecule has 4 nitrogen and oxygen atoms in total. The van der Waals surface area contributed by atoms with Gasteiger partial charge in [-0.3, -0.25) is 9.78 Å². The zero-order valence-electron chi connectivity index (χ0n) is 12.3. The normalized spacial score (nSPS) is 25.0. The number of thiazole rings is 1. The van der Waals surface area contributed by atoms with E-state index in [0.29, 0.717) is 18.7 Å². The zero-order valence-corrected chi connectivity index (χ0v) is 13.1. The smallest absolute Gasteiger partial charge is 0.256 e. The van der Waals surface area contributed by atoms with Crippen LogP contribution in [0.15, 0.2) is 29.8 Å². The molecular formula is C16H15F2N3OS. The first-order valence-electron chi connectivity index (χ1n) is 7.57. The molecule has 0 unspecified atom stereocenters. The number of piperidine rings is 1. The van der Waals surface area contributed by atoms with Gasteiger partial charge in [0.2, 0.25) is 5.91 Å². The predicted octanol–water partition coefficient (Wildman–Crippen LogP) is 2.86. The topological polar surface area (TPSA) is 46.1 Å². The van der Waals surface area contributed by atoms with Crippen LogP contribution in [0.4, 0.5) is 8.78 Å². The molecule has 2 aromatic heterocycles. The van der Waals surface area contributed by atoms with Gasteiger partial charge in [0.05, 0.1) is 17.8 Å². The van der Waals surface area contributed by atoms with Crippen molar-refractivity contribution in [1.82, 2.24) is 14.9 Å². The van der Waals surface area contributed by atoms with E-state index in [9.17, 15) is 13.6 Å². The number of alkyl halides is 2. The Hall–Kier alpha value is -1.89. The lowest BCUT2D eigenvalue weighted by Crippen LogP contribution is -2.38. The van der Waals surface area contributed by atoms with Gasteiger partial charge in [0.1, 0.15) is 5.01 Å². The van der Waals surface area contributed by atoms with Crippen molar-refractivity contribution in [2.24, 2.45) is 11.8 Å². The Morgan fingerprint density at radius 1 is 1.39 bits per heavy atom. The van der Waals surface area contributed by atoms with Crippen LogP contribution in [0.1, 0.15) is 12.1 Å². The summed E-state index contributed by atoms with van der Waals surface area (Å²) in [5.74, 6) is -3.84. The number of fused-ring (bicyclic) bond motifs is 1. The Morgan fingerprint density at radius 2 is 2.26 bits per heavy atom. The molecule has 1 saturated heterocycles. The average molecular weight is 335 g/mol. The number of nitrogens with zero attached hydrogens (tertiary/aromatic N) is 3. The van der Waals surface area contributed by atoms with E-state index in [2.05, 4.69) is 9.97 Å². The summed E-state index contributed by atoms with van der Waals surface area (Å²) in [5, 5.41) is 2.60. The van der Waals surface area contributed by atoms with Gasteiger partial charge in [-0.1, -0.05) is 6.07 Å². The minimum atomic E-state index is -2.57. The van der Waals surface area contributed by atoms with E-state index in [1.54, 1.807) is 11.1 Å². The molecule has 7 heteroatoms. The van der Waals surface area contributed by atoms with Crippen LogP contribution in [0.2, 0.25) is 0 Å². The third-order valence-corrected chi connectivity index (χ3v) is 5.53. The quantitative estimate of drug-likeness (QED) is 0.866. The van der Waals surface area contributed by atoms with Crippen LogP contribution < -0.4 is 0 Å². The molecule has 2 fully saturated rings. The van der Waals surface area contributed by atoms with Crippen LogP contribution in [0.5, 0.6) is 0 Å². The molecule has 1 aliphatic heterocycles. The van der Waals surface area contributed by atoms with E-state index < -0.39 is 17.8 Å². The maximum Gasteiger partial charge on any atom is 0.256 e. The highest BCUT2D eigenvalue weighted by atomic mass is 32.1. The minimum absolute atomic E-state index is 0.121. The molecule has 4 rings (SSSR count). The standard InChI is InChI=1S/C16H15F2N3OS/c17-16(18)11-4-6-21(8-12(11)16)14(22)7-10-9-23-15(20-10)13-3-1-2-5-19-13/h1-3,5,9,11-12H,4,6-8H2/t11-,12+/m1/s1. The molecule has 1 aliphatic carbocycles. The van der Waals surface area contributed by atoms with Gasteiger partial charge in [-0.25, -0.2) is 13.8 Å². The monoisotopic (exact) mass is 335 g/mol. The van der Waals surface area contributed by atoms with E-state index in [-0.39, 0.29) is 18.9 Å². The summed E-state index contributed by atoms with van der Waals surface area (Å²) in [7, 11) is 0. The molecule has 0 bridgehead atoms. The number of likely N-dealkylation sites (tertiary alicyclic amines) is 1. The van der Waals surface area contributed by atoms with Crippen LogP contribution in [0.25, 0.3) is 10.7 Å². The molecule has 3 heterocycles. The van der Waals surface area contributed by atoms with Gasteiger partial charge < -0.3 is 4.90 Å². The highest BCUT2D eigenvalue weighted by Crippen LogP contribution is 2.59. The van der Waals surface area contributed by atoms with Crippen molar-refractivity contribution >= 4 is 17.2 Å². The number of carbonyl (C=O) groups excluding carboxylic acids is 1. The van der Waals surface area contributed by atoms with Crippen molar-refractivity contribution in [2.75, 3.05) is 13.1 Å². The van der Waals surface area contributed by atoms with Crippen LogP contribution in [0.3, 0.4) is 0 Å². The number of amides is 1. The van der Waals surface area contributed by atoms with Gasteiger partial charge >= 0.3 is 0 Å². The lowest BCUT2D eigenvalue weighted by Gasteiger charge is -2.25. The largest absolute Gasteiger partial charge is 0.342 e. The second-order valence-corrected chi connectivity index (χ2v) is 6.91. The second kappa shape index (κ2) is 5.33. The predicted molar refractivity (Wildman–Crippen MR) is 82.2 cm³/mol. The molecule has 2 aliphatic rings. The van der Waals surface area contributed by atoms with Gasteiger partial charge in [0, 0.05) is 36.5 Å². The number of pyridine rings is 1. The van der Waals surface area contributed by atoms with E-state index in [1.165, 1.54) is 11.3 Å². The van der Waals surface area contributed by atoms with Crippen molar-refractivity contribution in [1.29, 1.82) is 0 Å². The highest BCUT2D eigenvalue weighted by Gasteiger charge is 2.69. The van der Waals surface area contributed by atoms with Gasteiger partial charge in [0.15, 0.2) is 0 Å². The third kappa shape index (κ3) is 2.63. The summed E-state index contributed by atoms with van der Waals surface area (Å²) in [6, 6.07) is 5.58. The fourth-order valence-corrected chi connectivity index (χ4v) is 4.01. The Morgan fingerprint density at radius 3 is 3.00 bits per heavy atom. The van der Waals surface area contributed by atoms with Crippen molar-refractivity contribution in [3.8, 4) is 10.7 Å². The van der Waals surface area contributed by atoms with Crippen LogP contribution in [-0.4, -0.2) is 39.8 Å². The summed E-state index contributed by atoms with van der Waals surface area (Å²) in [4.78, 5) is 22.5. The van der Waals surface area contributed by atoms with Gasteiger partial charge in [-0.15, -0.1) is 11.3 Å². The second-order valence-electron chi connectivity index (χ2n) is 6.05. The van der Waals surface area contributed by atoms with Gasteiger partial charge in [-0.2, -0.15) is 0 Å². The number of aromatic nitrogens is 2. The maximum atomic E-state index is 13.4. The molecule has 0 N–H and O–H groups in total. The SMILES string of the molecule is O=C(Cc1csc(-c2ccccn2)n1)N1CC[C@@H]2[C@H](C1)C2(F)F. The zero-order chi connectivity index (χ0) is 16.0. The third-order valence-electron chi connectivity index (χ3n) is 4.61. The molecule has 1 saturated carbocycles. The molecule has 0 aromatic carbocycles. The highest BCUT2D eigenvalue weighted by molar-refractivity contribution is 7.13. The number of rotatable bonds is 3. The Balaban J connectivity index is 1.41. The van der Waals surface area contributed by atoms with E-state index in [1.807, 2.05) is 23.6 Å². The van der Waals surface area contributed by atoms with Crippen molar-refractivity contribution < 1.29 is 13.6 Å². The first-order valence-corrected chi connectivity index (χ1v) is 8.45. The maximum absolute atomic E-state index is 13.4. The summed E-state index contributed by atoms with van der Waals surface area (Å²) in [5.41, 5.74) is 1.44. The number of hydrogen-bond donors (Lipinski definition) is 0. The molecular weight excluding hydrogens is 320 g/mol. The van der Waals surface area contributed by atoms with Crippen molar-refractivity contribution in [3.05, 3.63) is 35.5 Å². The Labute approximate surface area is 136 Å². The molecule has 2 atom stereocenters. The number of halogens is 2. The van der Waals surface area contributed by atoms with Crippen LogP contribution in [-0.2, 0) is 11.2 Å². The molecule has 0 radical (unpaired) electrons. The average Bonchev–Trinajstić information content (AvgIpc) is 2.91. The van der Waals surface area contributed by atoms with Gasteiger partial charge in [0.25, 0.3) is 5.92 Å². The molecule has 0 spiro atoms. The van der Waals surface area contributed by atoms with E-state index >= 15 is 0 Å². The summed E-state index contributed by atoms with van der Waals surface area (Å²) < 4.78 is 26.8. The molecule has 120 valence electrons. The minimum Gasteiger partial charge on any atom is -0.342 e. The first-order chi connectivity index (χ1) is 11.1. The van der Waals surface area contributed by atoms with E-state index in [0.717, 1.165) is 10.7 Å². The number of carbonyl (C=O) groups is 1. The van der Waals surface area contributed by atoms with Crippen molar-refractivity contribution in [2.45, 2.75) is 18.8 Å². The van der Waals surface area contributed by atoms with E-state index in [4.69, 9.17) is 0 Å². The number of hydrogen-bond acceptors (Lipinski definition) is 4. The summed E-state index contributed by atoms with van der Waals surface area (Å²) in [6.45, 7) is 0.598. The molecule has 2 aromatic rings. The lowest BCUT2D eigenvalue weighted by molar-refractivity contribution is -0.131. The summed E-state index contributed by atoms with van der Waals surface area (Å²) in [6.07, 6.45) is 2.26.